The first-order chi connectivity index (χ1) is 33.8. The number of hydrogen-bond acceptors (Lipinski definition) is 2. The molecule has 1 heterocycles. The fraction of sp³-hybridized carbons (Fsp3) is 0.104. The number of benzene rings is 10. The zero-order valence-corrected chi connectivity index (χ0v) is 39.2. The maximum absolute atomic E-state index is 6.89. The summed E-state index contributed by atoms with van der Waals surface area (Å²) in [4.78, 5) is 2.53. The lowest BCUT2D eigenvalue weighted by atomic mass is 9.67. The van der Waals surface area contributed by atoms with E-state index in [0.29, 0.717) is 0 Å². The van der Waals surface area contributed by atoms with Crippen LogP contribution in [0.5, 0.6) is 0 Å². The summed E-state index contributed by atoms with van der Waals surface area (Å²) in [7, 11) is 0. The minimum absolute atomic E-state index is 0.183. The Morgan fingerprint density at radius 1 is 0.333 bits per heavy atom. The molecule has 0 bridgehead atoms. The number of para-hydroxylation sites is 2. The Labute approximate surface area is 403 Å². The summed E-state index contributed by atoms with van der Waals surface area (Å²) in [6.07, 6.45) is 0. The number of anilines is 3. The largest absolute Gasteiger partial charge is 0.455 e. The molecule has 0 amide bonds. The Bertz CT molecular complexity index is 3880. The monoisotopic (exact) mass is 883 g/mol. The maximum atomic E-state index is 6.89. The topological polar surface area (TPSA) is 16.4 Å². The van der Waals surface area contributed by atoms with Crippen molar-refractivity contribution >= 4 is 39.0 Å². The van der Waals surface area contributed by atoms with Crippen molar-refractivity contribution in [2.45, 2.75) is 43.9 Å². The van der Waals surface area contributed by atoms with Gasteiger partial charge in [0.15, 0.2) is 0 Å². The normalized spacial score (nSPS) is 15.0. The first-order valence-corrected chi connectivity index (χ1v) is 24.3. The van der Waals surface area contributed by atoms with E-state index in [-0.39, 0.29) is 10.8 Å². The second kappa shape index (κ2) is 14.4. The van der Waals surface area contributed by atoms with Gasteiger partial charge >= 0.3 is 0 Å². The van der Waals surface area contributed by atoms with Crippen molar-refractivity contribution in [2.24, 2.45) is 0 Å². The standard InChI is InChI=1S/C67H49NO/c1-65(2)54-30-13-8-24-46(54)49-37-36-45(41-59(49)65)68(44-23-18-22-43(40-44)67(42-20-6-5-7-21-42)55-31-14-9-25-47(55)48-26-10-15-32-56(48)67)60-34-16-11-27-50(60)52-29-19-33-57-62(52)63-58(66(57,3)4)39-38-53-51-28-12-17-35-61(51)69-64(53)63/h5-41H,1-4H3. The molecule has 2 heteroatoms. The minimum Gasteiger partial charge on any atom is -0.455 e. The molecule has 0 saturated carbocycles. The molecule has 10 aromatic carbocycles. The van der Waals surface area contributed by atoms with Gasteiger partial charge in [-0.3, -0.25) is 0 Å². The highest BCUT2D eigenvalue weighted by Gasteiger charge is 2.46. The molecule has 3 aliphatic carbocycles. The lowest BCUT2D eigenvalue weighted by Crippen LogP contribution is -2.28. The van der Waals surface area contributed by atoms with Gasteiger partial charge in [0.05, 0.1) is 11.1 Å². The summed E-state index contributed by atoms with van der Waals surface area (Å²) in [6.45, 7) is 9.49. The van der Waals surface area contributed by atoms with Gasteiger partial charge in [-0.1, -0.05) is 216 Å². The van der Waals surface area contributed by atoms with Crippen LogP contribution in [0.2, 0.25) is 0 Å². The lowest BCUT2D eigenvalue weighted by molar-refractivity contribution is 0.653. The first-order valence-electron chi connectivity index (χ1n) is 24.3. The van der Waals surface area contributed by atoms with Crippen LogP contribution in [-0.4, -0.2) is 0 Å². The van der Waals surface area contributed by atoms with Crippen LogP contribution in [0.1, 0.15) is 72.2 Å². The second-order valence-electron chi connectivity index (χ2n) is 20.3. The van der Waals surface area contributed by atoms with E-state index in [1.807, 2.05) is 0 Å². The van der Waals surface area contributed by atoms with Crippen molar-refractivity contribution in [2.75, 3.05) is 4.90 Å². The van der Waals surface area contributed by atoms with E-state index in [1.54, 1.807) is 0 Å². The number of nitrogens with zero attached hydrogens (tertiary/aromatic N) is 1. The van der Waals surface area contributed by atoms with Crippen molar-refractivity contribution in [3.05, 3.63) is 269 Å². The van der Waals surface area contributed by atoms with Gasteiger partial charge in [0.25, 0.3) is 0 Å². The molecular weight excluding hydrogens is 835 g/mol. The van der Waals surface area contributed by atoms with Crippen LogP contribution in [0.15, 0.2) is 229 Å². The van der Waals surface area contributed by atoms with Gasteiger partial charge < -0.3 is 9.32 Å². The summed E-state index contributed by atoms with van der Waals surface area (Å²) in [6, 6.07) is 83.8. The van der Waals surface area contributed by atoms with E-state index in [4.69, 9.17) is 4.42 Å². The van der Waals surface area contributed by atoms with Crippen LogP contribution in [0.4, 0.5) is 17.1 Å². The number of hydrogen-bond donors (Lipinski definition) is 0. The molecule has 328 valence electrons. The summed E-state index contributed by atoms with van der Waals surface area (Å²) in [5.74, 6) is 0. The molecule has 14 rings (SSSR count). The Hall–Kier alpha value is -8.20. The van der Waals surface area contributed by atoms with Gasteiger partial charge in [-0.15, -0.1) is 0 Å². The fourth-order valence-corrected chi connectivity index (χ4v) is 13.0. The van der Waals surface area contributed by atoms with Gasteiger partial charge in [-0.25, -0.2) is 0 Å². The minimum atomic E-state index is -0.551. The van der Waals surface area contributed by atoms with E-state index >= 15 is 0 Å². The van der Waals surface area contributed by atoms with Crippen molar-refractivity contribution in [3.8, 4) is 44.5 Å². The molecule has 69 heavy (non-hydrogen) atoms. The molecule has 0 saturated heterocycles. The van der Waals surface area contributed by atoms with Crippen molar-refractivity contribution in [3.63, 3.8) is 0 Å². The van der Waals surface area contributed by atoms with E-state index in [0.717, 1.165) is 44.6 Å². The SMILES string of the molecule is CC1(C)c2ccccc2-c2ccc(N(c3cccc(C4(c5ccccc5)c5ccccc5-c5ccccc54)c3)c3ccccc3-c3cccc4c3-c3c(ccc5c3oc3ccccc35)C4(C)C)cc21. The average Bonchev–Trinajstić information content (AvgIpc) is 4.07. The van der Waals surface area contributed by atoms with Crippen molar-refractivity contribution < 1.29 is 4.42 Å². The highest BCUT2D eigenvalue weighted by atomic mass is 16.3. The molecule has 3 aliphatic rings. The number of furan rings is 1. The molecule has 0 fully saturated rings. The summed E-state index contributed by atoms with van der Waals surface area (Å²) < 4.78 is 6.89. The Morgan fingerprint density at radius 3 is 1.64 bits per heavy atom. The third-order valence-corrected chi connectivity index (χ3v) is 16.2. The zero-order valence-electron chi connectivity index (χ0n) is 39.2. The van der Waals surface area contributed by atoms with Crippen molar-refractivity contribution in [1.29, 1.82) is 0 Å². The third kappa shape index (κ3) is 5.37. The smallest absolute Gasteiger partial charge is 0.143 e. The van der Waals surface area contributed by atoms with Crippen LogP contribution >= 0.6 is 0 Å². The van der Waals surface area contributed by atoms with Crippen LogP contribution in [0.25, 0.3) is 66.4 Å². The molecule has 2 nitrogen and oxygen atoms in total. The Morgan fingerprint density at radius 2 is 0.870 bits per heavy atom. The van der Waals surface area contributed by atoms with Gasteiger partial charge in [0.2, 0.25) is 0 Å². The van der Waals surface area contributed by atoms with Gasteiger partial charge in [-0.05, 0) is 114 Å². The molecule has 0 unspecified atom stereocenters. The molecule has 0 spiro atoms. The van der Waals surface area contributed by atoms with E-state index in [2.05, 4.69) is 257 Å². The van der Waals surface area contributed by atoms with E-state index in [9.17, 15) is 0 Å². The average molecular weight is 884 g/mol. The predicted molar refractivity (Wildman–Crippen MR) is 286 cm³/mol. The molecule has 0 N–H and O–H groups in total. The molecule has 11 aromatic rings. The van der Waals surface area contributed by atoms with Crippen LogP contribution in [0.3, 0.4) is 0 Å². The van der Waals surface area contributed by atoms with Gasteiger partial charge in [0, 0.05) is 44.1 Å². The molecule has 0 aliphatic heterocycles. The summed E-state index contributed by atoms with van der Waals surface area (Å²) >= 11 is 0. The zero-order chi connectivity index (χ0) is 46.2. The summed E-state index contributed by atoms with van der Waals surface area (Å²) in [5.41, 5.74) is 24.6. The fourth-order valence-electron chi connectivity index (χ4n) is 13.0. The highest BCUT2D eigenvalue weighted by Crippen LogP contribution is 2.59. The number of rotatable bonds is 6. The first kappa shape index (κ1) is 39.9. The second-order valence-corrected chi connectivity index (χ2v) is 20.3. The Kier molecular flexibility index (Phi) is 8.33. The third-order valence-electron chi connectivity index (χ3n) is 16.2. The molecular formula is C67H49NO. The summed E-state index contributed by atoms with van der Waals surface area (Å²) in [5, 5.41) is 2.30. The molecule has 0 radical (unpaired) electrons. The predicted octanol–water partition coefficient (Wildman–Crippen LogP) is 17.7. The Balaban J connectivity index is 1.04. The molecule has 1 aromatic heterocycles. The molecule has 0 atom stereocenters. The van der Waals surface area contributed by atoms with E-state index < -0.39 is 5.41 Å². The maximum Gasteiger partial charge on any atom is 0.143 e. The quantitative estimate of drug-likeness (QED) is 0.165. The lowest BCUT2D eigenvalue weighted by Gasteiger charge is -2.35. The van der Waals surface area contributed by atoms with Crippen LogP contribution in [0, 0.1) is 0 Å². The van der Waals surface area contributed by atoms with Gasteiger partial charge in [0.1, 0.15) is 11.2 Å². The van der Waals surface area contributed by atoms with Gasteiger partial charge in [-0.2, -0.15) is 0 Å². The van der Waals surface area contributed by atoms with E-state index in [1.165, 1.54) is 83.5 Å². The van der Waals surface area contributed by atoms with Crippen LogP contribution < -0.4 is 4.90 Å². The number of fused-ring (bicyclic) bond motifs is 13. The van der Waals surface area contributed by atoms with Crippen molar-refractivity contribution in [1.82, 2.24) is 0 Å². The van der Waals surface area contributed by atoms with Crippen LogP contribution in [-0.2, 0) is 16.2 Å². The highest BCUT2D eigenvalue weighted by molar-refractivity contribution is 6.14.